The Bertz CT molecular complexity index is 440. The van der Waals surface area contributed by atoms with Gasteiger partial charge in [-0.25, -0.2) is 4.39 Å². The molecular weight excluding hydrogens is 255 g/mol. The predicted molar refractivity (Wildman–Crippen MR) is 77.8 cm³/mol. The predicted octanol–water partition coefficient (Wildman–Crippen LogP) is 2.78. The lowest BCUT2D eigenvalue weighted by molar-refractivity contribution is -0.122. The summed E-state index contributed by atoms with van der Waals surface area (Å²) in [6.07, 6.45) is 2.94. The van der Waals surface area contributed by atoms with Crippen LogP contribution in [0.4, 0.5) is 4.39 Å². The summed E-state index contributed by atoms with van der Waals surface area (Å²) in [6, 6.07) is 6.91. The van der Waals surface area contributed by atoms with E-state index in [2.05, 4.69) is 24.5 Å². The first kappa shape index (κ1) is 15.0. The van der Waals surface area contributed by atoms with E-state index in [0.717, 1.165) is 12.1 Å². The maximum absolute atomic E-state index is 13.0. The van der Waals surface area contributed by atoms with E-state index in [1.54, 1.807) is 12.1 Å². The second kappa shape index (κ2) is 6.84. The van der Waals surface area contributed by atoms with Crippen LogP contribution in [0.25, 0.3) is 0 Å². The van der Waals surface area contributed by atoms with E-state index < -0.39 is 0 Å². The van der Waals surface area contributed by atoms with Gasteiger partial charge in [0.15, 0.2) is 0 Å². The standard InChI is InChI=1S/C16H23FN2O/c1-11(2)16(12-3-5-13(17)6-4-12)19-15(20)9-10-18-14-7-8-14/h3-6,11,14,16,18H,7-10H2,1-2H3,(H,19,20). The molecule has 1 atom stereocenters. The van der Waals surface area contributed by atoms with Crippen molar-refractivity contribution in [3.63, 3.8) is 0 Å². The SMILES string of the molecule is CC(C)C(NC(=O)CCNC1CC1)c1ccc(F)cc1. The maximum Gasteiger partial charge on any atom is 0.221 e. The van der Waals surface area contributed by atoms with Crippen molar-refractivity contribution in [3.05, 3.63) is 35.6 Å². The topological polar surface area (TPSA) is 41.1 Å². The number of halogens is 1. The molecule has 0 saturated heterocycles. The quantitative estimate of drug-likeness (QED) is 0.805. The first-order valence-electron chi connectivity index (χ1n) is 7.34. The van der Waals surface area contributed by atoms with Crippen LogP contribution in [0.15, 0.2) is 24.3 Å². The second-order valence-corrected chi connectivity index (χ2v) is 5.82. The van der Waals surface area contributed by atoms with E-state index >= 15 is 0 Å². The van der Waals surface area contributed by atoms with E-state index in [1.807, 2.05) is 0 Å². The molecule has 0 heterocycles. The minimum Gasteiger partial charge on any atom is -0.349 e. The number of carbonyl (C=O) groups excluding carboxylic acids is 1. The highest BCUT2D eigenvalue weighted by Gasteiger charge is 2.21. The third kappa shape index (κ3) is 4.60. The fraction of sp³-hybridized carbons (Fsp3) is 0.562. The molecular formula is C16H23FN2O. The Morgan fingerprint density at radius 1 is 1.30 bits per heavy atom. The van der Waals surface area contributed by atoms with Gasteiger partial charge in [-0.3, -0.25) is 4.79 Å². The zero-order valence-corrected chi connectivity index (χ0v) is 12.2. The molecule has 4 heteroatoms. The molecule has 20 heavy (non-hydrogen) atoms. The van der Waals surface area contributed by atoms with Gasteiger partial charge in [0.25, 0.3) is 0 Å². The van der Waals surface area contributed by atoms with Crippen LogP contribution in [-0.2, 0) is 4.79 Å². The Balaban J connectivity index is 1.87. The smallest absolute Gasteiger partial charge is 0.221 e. The number of rotatable bonds is 7. The molecule has 110 valence electrons. The zero-order valence-electron chi connectivity index (χ0n) is 12.2. The van der Waals surface area contributed by atoms with Crippen LogP contribution >= 0.6 is 0 Å². The Hall–Kier alpha value is -1.42. The third-order valence-corrected chi connectivity index (χ3v) is 3.57. The average molecular weight is 278 g/mol. The van der Waals surface area contributed by atoms with Crippen molar-refractivity contribution in [2.24, 2.45) is 5.92 Å². The normalized spacial score (nSPS) is 16.2. The molecule has 1 saturated carbocycles. The van der Waals surface area contributed by atoms with Gasteiger partial charge in [-0.2, -0.15) is 0 Å². The van der Waals surface area contributed by atoms with Gasteiger partial charge < -0.3 is 10.6 Å². The fourth-order valence-electron chi connectivity index (χ4n) is 2.23. The number of hydrogen-bond acceptors (Lipinski definition) is 2. The second-order valence-electron chi connectivity index (χ2n) is 5.82. The number of nitrogens with one attached hydrogen (secondary N) is 2. The lowest BCUT2D eigenvalue weighted by atomic mass is 9.96. The molecule has 1 aromatic rings. The summed E-state index contributed by atoms with van der Waals surface area (Å²) in [7, 11) is 0. The molecule has 1 unspecified atom stereocenters. The molecule has 0 bridgehead atoms. The Kier molecular flexibility index (Phi) is 5.12. The molecule has 0 aromatic heterocycles. The van der Waals surface area contributed by atoms with Crippen molar-refractivity contribution >= 4 is 5.91 Å². The minimum atomic E-state index is -0.254. The largest absolute Gasteiger partial charge is 0.349 e. The highest BCUT2D eigenvalue weighted by Crippen LogP contribution is 2.22. The number of carbonyl (C=O) groups is 1. The minimum absolute atomic E-state index is 0.0428. The summed E-state index contributed by atoms with van der Waals surface area (Å²) >= 11 is 0. The molecule has 1 aromatic carbocycles. The Morgan fingerprint density at radius 3 is 2.50 bits per heavy atom. The summed E-state index contributed by atoms with van der Waals surface area (Å²) in [5.41, 5.74) is 0.949. The maximum atomic E-state index is 13.0. The summed E-state index contributed by atoms with van der Waals surface area (Å²) in [4.78, 5) is 12.0. The van der Waals surface area contributed by atoms with Gasteiger partial charge in [0.2, 0.25) is 5.91 Å². The highest BCUT2D eigenvalue weighted by atomic mass is 19.1. The van der Waals surface area contributed by atoms with Crippen LogP contribution in [0.2, 0.25) is 0 Å². The first-order chi connectivity index (χ1) is 9.56. The first-order valence-corrected chi connectivity index (χ1v) is 7.34. The van der Waals surface area contributed by atoms with Crippen molar-refractivity contribution in [2.75, 3.05) is 6.54 Å². The zero-order chi connectivity index (χ0) is 14.5. The lowest BCUT2D eigenvalue weighted by Gasteiger charge is -2.23. The Morgan fingerprint density at radius 2 is 1.95 bits per heavy atom. The summed E-state index contributed by atoms with van der Waals surface area (Å²) in [6.45, 7) is 4.83. The summed E-state index contributed by atoms with van der Waals surface area (Å²) in [5, 5.41) is 6.37. The van der Waals surface area contributed by atoms with Crippen molar-refractivity contribution in [2.45, 2.75) is 45.2 Å². The monoisotopic (exact) mass is 278 g/mol. The molecule has 0 aliphatic heterocycles. The van der Waals surface area contributed by atoms with Gasteiger partial charge in [-0.1, -0.05) is 26.0 Å². The molecule has 1 fully saturated rings. The highest BCUT2D eigenvalue weighted by molar-refractivity contribution is 5.76. The molecule has 1 aliphatic carbocycles. The molecule has 0 radical (unpaired) electrons. The molecule has 3 nitrogen and oxygen atoms in total. The van der Waals surface area contributed by atoms with E-state index in [9.17, 15) is 9.18 Å². The van der Waals surface area contributed by atoms with Gasteiger partial charge in [-0.05, 0) is 36.5 Å². The lowest BCUT2D eigenvalue weighted by Crippen LogP contribution is -2.34. The fourth-order valence-corrected chi connectivity index (χ4v) is 2.23. The van der Waals surface area contributed by atoms with E-state index in [1.165, 1.54) is 25.0 Å². The third-order valence-electron chi connectivity index (χ3n) is 3.57. The van der Waals surface area contributed by atoms with Crippen LogP contribution in [0.1, 0.15) is 44.7 Å². The molecule has 1 aliphatic rings. The van der Waals surface area contributed by atoms with Crippen LogP contribution in [0.3, 0.4) is 0 Å². The van der Waals surface area contributed by atoms with Gasteiger partial charge >= 0.3 is 0 Å². The van der Waals surface area contributed by atoms with Crippen molar-refractivity contribution < 1.29 is 9.18 Å². The van der Waals surface area contributed by atoms with Crippen LogP contribution in [0, 0.1) is 11.7 Å². The summed E-state index contributed by atoms with van der Waals surface area (Å²) in [5.74, 6) is 0.0539. The van der Waals surface area contributed by atoms with Crippen molar-refractivity contribution in [1.29, 1.82) is 0 Å². The van der Waals surface area contributed by atoms with Gasteiger partial charge in [0.1, 0.15) is 5.82 Å². The molecule has 0 spiro atoms. The summed E-state index contributed by atoms with van der Waals surface area (Å²) < 4.78 is 13.0. The van der Waals surface area contributed by atoms with E-state index in [4.69, 9.17) is 0 Å². The average Bonchev–Trinajstić information content (AvgIpc) is 3.21. The molecule has 2 N–H and O–H groups in total. The van der Waals surface area contributed by atoms with Crippen LogP contribution in [0.5, 0.6) is 0 Å². The number of amides is 1. The Labute approximate surface area is 120 Å². The number of benzene rings is 1. The van der Waals surface area contributed by atoms with E-state index in [0.29, 0.717) is 12.5 Å². The van der Waals surface area contributed by atoms with Gasteiger partial charge in [-0.15, -0.1) is 0 Å². The molecule has 1 amide bonds. The van der Waals surface area contributed by atoms with Gasteiger partial charge in [0.05, 0.1) is 6.04 Å². The number of hydrogen-bond donors (Lipinski definition) is 2. The molecule has 2 rings (SSSR count). The van der Waals surface area contributed by atoms with Crippen LogP contribution < -0.4 is 10.6 Å². The van der Waals surface area contributed by atoms with Gasteiger partial charge in [0, 0.05) is 19.0 Å². The van der Waals surface area contributed by atoms with Crippen molar-refractivity contribution in [1.82, 2.24) is 10.6 Å². The van der Waals surface area contributed by atoms with Crippen molar-refractivity contribution in [3.8, 4) is 0 Å². The van der Waals surface area contributed by atoms with Crippen LogP contribution in [-0.4, -0.2) is 18.5 Å². The van der Waals surface area contributed by atoms with E-state index in [-0.39, 0.29) is 23.7 Å².